The van der Waals surface area contributed by atoms with E-state index in [0.29, 0.717) is 0 Å². The van der Waals surface area contributed by atoms with Gasteiger partial charge >= 0.3 is 0 Å². The van der Waals surface area contributed by atoms with E-state index in [9.17, 15) is 0 Å². The van der Waals surface area contributed by atoms with Gasteiger partial charge in [-0.15, -0.1) is 0 Å². The molecule has 1 heteroatoms. The summed E-state index contributed by atoms with van der Waals surface area (Å²) in [5.41, 5.74) is 1.04. The summed E-state index contributed by atoms with van der Waals surface area (Å²) in [4.78, 5) is 0. The standard InChI is InChI=1S/C12H14O/c1-11(13)7-5-6-10-12-8-3-2-4-9-12/h2-4,8-9,11,13H,5,7H2,1H3. The number of aliphatic hydroxyl groups excluding tert-OH is 1. The molecule has 0 aromatic heterocycles. The second kappa shape index (κ2) is 5.40. The molecule has 1 N–H and O–H groups in total. The van der Waals surface area contributed by atoms with Gasteiger partial charge in [0.15, 0.2) is 0 Å². The Labute approximate surface area is 79.4 Å². The molecule has 0 aliphatic heterocycles. The zero-order valence-corrected chi connectivity index (χ0v) is 7.83. The highest BCUT2D eigenvalue weighted by Crippen LogP contribution is 1.97. The predicted molar refractivity (Wildman–Crippen MR) is 54.2 cm³/mol. The van der Waals surface area contributed by atoms with E-state index < -0.39 is 0 Å². The van der Waals surface area contributed by atoms with Crippen LogP contribution < -0.4 is 0 Å². The maximum atomic E-state index is 8.98. The van der Waals surface area contributed by atoms with Crippen molar-refractivity contribution >= 4 is 0 Å². The Bertz CT molecular complexity index is 290. The summed E-state index contributed by atoms with van der Waals surface area (Å²) in [6.07, 6.45) is 1.26. The van der Waals surface area contributed by atoms with Gasteiger partial charge in [0, 0.05) is 12.0 Å². The van der Waals surface area contributed by atoms with E-state index in [4.69, 9.17) is 5.11 Å². The van der Waals surface area contributed by atoms with Crippen LogP contribution in [0.5, 0.6) is 0 Å². The summed E-state index contributed by atoms with van der Waals surface area (Å²) in [6.45, 7) is 1.78. The molecule has 1 aromatic rings. The van der Waals surface area contributed by atoms with Crippen molar-refractivity contribution in [3.63, 3.8) is 0 Å². The third-order valence-electron chi connectivity index (χ3n) is 1.69. The Balaban J connectivity index is 2.40. The van der Waals surface area contributed by atoms with Crippen LogP contribution in [0.3, 0.4) is 0 Å². The Morgan fingerprint density at radius 2 is 2.00 bits per heavy atom. The van der Waals surface area contributed by atoms with Gasteiger partial charge in [0.25, 0.3) is 0 Å². The molecule has 1 nitrogen and oxygen atoms in total. The fourth-order valence-electron chi connectivity index (χ4n) is 0.967. The Morgan fingerprint density at radius 3 is 2.62 bits per heavy atom. The number of hydrogen-bond acceptors (Lipinski definition) is 1. The van der Waals surface area contributed by atoms with Gasteiger partial charge in [-0.25, -0.2) is 0 Å². The molecular formula is C12H14O. The third-order valence-corrected chi connectivity index (χ3v) is 1.69. The Morgan fingerprint density at radius 1 is 1.31 bits per heavy atom. The minimum Gasteiger partial charge on any atom is -0.393 e. The minimum atomic E-state index is -0.245. The summed E-state index contributed by atoms with van der Waals surface area (Å²) in [7, 11) is 0. The number of hydrogen-bond donors (Lipinski definition) is 1. The predicted octanol–water partition coefficient (Wildman–Crippen LogP) is 2.20. The molecule has 0 spiro atoms. The maximum Gasteiger partial charge on any atom is 0.0521 e. The van der Waals surface area contributed by atoms with E-state index in [1.54, 1.807) is 6.92 Å². The van der Waals surface area contributed by atoms with Gasteiger partial charge in [-0.2, -0.15) is 0 Å². The van der Waals surface area contributed by atoms with Crippen molar-refractivity contribution in [3.05, 3.63) is 35.9 Å². The van der Waals surface area contributed by atoms with Crippen LogP contribution in [0.15, 0.2) is 30.3 Å². The van der Waals surface area contributed by atoms with Crippen LogP contribution in [-0.2, 0) is 0 Å². The first kappa shape index (κ1) is 9.83. The molecule has 13 heavy (non-hydrogen) atoms. The van der Waals surface area contributed by atoms with Gasteiger partial charge in [0.2, 0.25) is 0 Å². The van der Waals surface area contributed by atoms with Crippen LogP contribution in [0, 0.1) is 11.8 Å². The summed E-state index contributed by atoms with van der Waals surface area (Å²) in [6, 6.07) is 9.88. The lowest BCUT2D eigenvalue weighted by molar-refractivity contribution is 0.186. The summed E-state index contributed by atoms with van der Waals surface area (Å²) in [5.74, 6) is 6.06. The van der Waals surface area contributed by atoms with Crippen molar-refractivity contribution in [1.29, 1.82) is 0 Å². The van der Waals surface area contributed by atoms with E-state index >= 15 is 0 Å². The molecule has 1 aromatic carbocycles. The quantitative estimate of drug-likeness (QED) is 0.681. The molecule has 0 fully saturated rings. The van der Waals surface area contributed by atoms with Gasteiger partial charge in [0.05, 0.1) is 6.10 Å². The third kappa shape index (κ3) is 4.35. The van der Waals surface area contributed by atoms with Crippen molar-refractivity contribution in [2.75, 3.05) is 0 Å². The summed E-state index contributed by atoms with van der Waals surface area (Å²) in [5, 5.41) is 8.98. The zero-order chi connectivity index (χ0) is 9.52. The van der Waals surface area contributed by atoms with Crippen LogP contribution in [-0.4, -0.2) is 11.2 Å². The lowest BCUT2D eigenvalue weighted by Gasteiger charge is -1.96. The summed E-state index contributed by atoms with van der Waals surface area (Å²) < 4.78 is 0. The first-order valence-electron chi connectivity index (χ1n) is 4.51. The van der Waals surface area contributed by atoms with Gasteiger partial charge in [-0.05, 0) is 25.5 Å². The van der Waals surface area contributed by atoms with E-state index in [-0.39, 0.29) is 6.10 Å². The van der Waals surface area contributed by atoms with Crippen LogP contribution in [0.4, 0.5) is 0 Å². The van der Waals surface area contributed by atoms with E-state index in [2.05, 4.69) is 11.8 Å². The van der Waals surface area contributed by atoms with Crippen LogP contribution in [0.2, 0.25) is 0 Å². The average Bonchev–Trinajstić information content (AvgIpc) is 2.14. The van der Waals surface area contributed by atoms with Gasteiger partial charge in [-0.1, -0.05) is 30.0 Å². The lowest BCUT2D eigenvalue weighted by Crippen LogP contribution is -1.96. The molecule has 0 amide bonds. The molecule has 1 atom stereocenters. The van der Waals surface area contributed by atoms with Crippen LogP contribution >= 0.6 is 0 Å². The van der Waals surface area contributed by atoms with Crippen molar-refractivity contribution in [2.24, 2.45) is 0 Å². The largest absolute Gasteiger partial charge is 0.393 e. The fourth-order valence-corrected chi connectivity index (χ4v) is 0.967. The SMILES string of the molecule is CC(O)CCC#Cc1ccccc1. The number of aliphatic hydroxyl groups is 1. The van der Waals surface area contributed by atoms with Gasteiger partial charge < -0.3 is 5.11 Å². The maximum absolute atomic E-state index is 8.98. The molecule has 0 heterocycles. The van der Waals surface area contributed by atoms with Crippen molar-refractivity contribution in [1.82, 2.24) is 0 Å². The summed E-state index contributed by atoms with van der Waals surface area (Å²) >= 11 is 0. The second-order valence-electron chi connectivity index (χ2n) is 3.06. The highest BCUT2D eigenvalue weighted by atomic mass is 16.3. The number of benzene rings is 1. The molecule has 0 radical (unpaired) electrons. The second-order valence-corrected chi connectivity index (χ2v) is 3.06. The number of rotatable bonds is 2. The molecule has 1 unspecified atom stereocenters. The van der Waals surface area contributed by atoms with Crippen molar-refractivity contribution in [2.45, 2.75) is 25.9 Å². The molecular weight excluding hydrogens is 160 g/mol. The highest BCUT2D eigenvalue weighted by Gasteiger charge is 1.90. The van der Waals surface area contributed by atoms with Crippen molar-refractivity contribution in [3.8, 4) is 11.8 Å². The monoisotopic (exact) mass is 174 g/mol. The molecule has 0 aliphatic rings. The normalized spacial score (nSPS) is 11.5. The molecule has 68 valence electrons. The van der Waals surface area contributed by atoms with Gasteiger partial charge in [0.1, 0.15) is 0 Å². The highest BCUT2D eigenvalue weighted by molar-refractivity contribution is 5.33. The molecule has 0 aliphatic carbocycles. The molecule has 0 saturated carbocycles. The first-order valence-corrected chi connectivity index (χ1v) is 4.51. The van der Waals surface area contributed by atoms with E-state index in [1.165, 1.54) is 0 Å². The topological polar surface area (TPSA) is 20.2 Å². The van der Waals surface area contributed by atoms with E-state index in [0.717, 1.165) is 18.4 Å². The molecule has 0 bridgehead atoms. The van der Waals surface area contributed by atoms with Gasteiger partial charge in [-0.3, -0.25) is 0 Å². The zero-order valence-electron chi connectivity index (χ0n) is 7.83. The fraction of sp³-hybridized carbons (Fsp3) is 0.333. The lowest BCUT2D eigenvalue weighted by atomic mass is 10.2. The minimum absolute atomic E-state index is 0.245. The molecule has 0 saturated heterocycles. The first-order chi connectivity index (χ1) is 6.29. The van der Waals surface area contributed by atoms with E-state index in [1.807, 2.05) is 30.3 Å². The Hall–Kier alpha value is -1.26. The van der Waals surface area contributed by atoms with Crippen LogP contribution in [0.25, 0.3) is 0 Å². The molecule has 1 rings (SSSR count). The van der Waals surface area contributed by atoms with Crippen molar-refractivity contribution < 1.29 is 5.11 Å². The van der Waals surface area contributed by atoms with Crippen LogP contribution in [0.1, 0.15) is 25.3 Å². The Kier molecular flexibility index (Phi) is 4.08. The smallest absolute Gasteiger partial charge is 0.0521 e. The average molecular weight is 174 g/mol.